The van der Waals surface area contributed by atoms with Crippen molar-refractivity contribution < 1.29 is 0 Å². The lowest BCUT2D eigenvalue weighted by Gasteiger charge is -2.29. The first kappa shape index (κ1) is 11.5. The smallest absolute Gasteiger partial charge is 0.0418 e. The number of nitrogens with one attached hydrogen (secondary N) is 2. The molecule has 0 aromatic heterocycles. The molecule has 16 heavy (non-hydrogen) atoms. The molecule has 1 aromatic rings. The van der Waals surface area contributed by atoms with Crippen molar-refractivity contribution in [3.63, 3.8) is 0 Å². The van der Waals surface area contributed by atoms with Crippen molar-refractivity contribution in [2.24, 2.45) is 5.92 Å². The Labute approximate surface area is 98.4 Å². The average Bonchev–Trinajstić information content (AvgIpc) is 2.27. The Morgan fingerprint density at radius 2 is 2.25 bits per heavy atom. The van der Waals surface area contributed by atoms with Gasteiger partial charge in [-0.15, -0.1) is 0 Å². The van der Waals surface area contributed by atoms with Crippen molar-refractivity contribution in [3.8, 4) is 0 Å². The van der Waals surface area contributed by atoms with Crippen LogP contribution in [0.2, 0.25) is 0 Å². The molecule has 2 N–H and O–H groups in total. The topological polar surface area (TPSA) is 24.1 Å². The number of para-hydroxylation sites is 1. The largest absolute Gasteiger partial charge is 0.384 e. The minimum atomic E-state index is 0.526. The third-order valence-corrected chi connectivity index (χ3v) is 3.19. The van der Waals surface area contributed by atoms with Gasteiger partial charge in [0.25, 0.3) is 0 Å². The first-order valence-corrected chi connectivity index (χ1v) is 6.25. The second-order valence-corrected chi connectivity index (χ2v) is 5.11. The Morgan fingerprint density at radius 3 is 3.00 bits per heavy atom. The minimum absolute atomic E-state index is 0.526. The summed E-state index contributed by atoms with van der Waals surface area (Å²) in [4.78, 5) is 0. The Bertz CT molecular complexity index is 358. The second kappa shape index (κ2) is 4.88. The lowest BCUT2D eigenvalue weighted by atomic mass is 9.95. The van der Waals surface area contributed by atoms with E-state index in [1.807, 2.05) is 0 Å². The highest BCUT2D eigenvalue weighted by Gasteiger charge is 2.20. The third-order valence-electron chi connectivity index (χ3n) is 3.19. The van der Waals surface area contributed by atoms with Crippen molar-refractivity contribution in [2.75, 3.05) is 18.4 Å². The summed E-state index contributed by atoms with van der Waals surface area (Å²) in [6.07, 6.45) is 1.18. The van der Waals surface area contributed by atoms with Crippen LogP contribution in [0.5, 0.6) is 0 Å². The van der Waals surface area contributed by atoms with Crippen LogP contribution in [0.25, 0.3) is 0 Å². The Balaban J connectivity index is 2.16. The van der Waals surface area contributed by atoms with Gasteiger partial charge < -0.3 is 10.6 Å². The lowest BCUT2D eigenvalue weighted by Crippen LogP contribution is -2.31. The molecule has 0 spiro atoms. The normalized spacial score (nSPS) is 19.4. The SMILES string of the molecule is Cc1cccc2c1NCCC2NCC(C)C. The van der Waals surface area contributed by atoms with Gasteiger partial charge in [-0.25, -0.2) is 0 Å². The van der Waals surface area contributed by atoms with E-state index in [-0.39, 0.29) is 0 Å². The molecule has 0 fully saturated rings. The summed E-state index contributed by atoms with van der Waals surface area (Å²) in [5.41, 5.74) is 4.13. The molecule has 88 valence electrons. The van der Waals surface area contributed by atoms with E-state index in [2.05, 4.69) is 49.6 Å². The minimum Gasteiger partial charge on any atom is -0.384 e. The number of benzene rings is 1. The van der Waals surface area contributed by atoms with E-state index < -0.39 is 0 Å². The van der Waals surface area contributed by atoms with Gasteiger partial charge in [-0.05, 0) is 36.9 Å². The molecule has 1 aromatic carbocycles. The molecular weight excluding hydrogens is 196 g/mol. The van der Waals surface area contributed by atoms with Crippen LogP contribution in [0.15, 0.2) is 18.2 Å². The van der Waals surface area contributed by atoms with Crippen LogP contribution >= 0.6 is 0 Å². The maximum absolute atomic E-state index is 3.66. The first-order valence-electron chi connectivity index (χ1n) is 6.25. The molecule has 1 atom stereocenters. The van der Waals surface area contributed by atoms with Gasteiger partial charge in [0.1, 0.15) is 0 Å². The van der Waals surface area contributed by atoms with Crippen LogP contribution in [0, 0.1) is 12.8 Å². The van der Waals surface area contributed by atoms with E-state index in [1.54, 1.807) is 0 Å². The summed E-state index contributed by atoms with van der Waals surface area (Å²) in [5, 5.41) is 7.17. The zero-order chi connectivity index (χ0) is 11.5. The fraction of sp³-hybridized carbons (Fsp3) is 0.571. The number of aryl methyl sites for hydroxylation is 1. The highest BCUT2D eigenvalue weighted by atomic mass is 15.0. The standard InChI is InChI=1S/C14H22N2/c1-10(2)9-16-13-7-8-15-14-11(3)5-4-6-12(13)14/h4-6,10,13,15-16H,7-9H2,1-3H3. The number of rotatable bonds is 3. The summed E-state index contributed by atoms with van der Waals surface area (Å²) >= 11 is 0. The van der Waals surface area contributed by atoms with Crippen molar-refractivity contribution in [1.82, 2.24) is 5.32 Å². The van der Waals surface area contributed by atoms with Crippen molar-refractivity contribution in [2.45, 2.75) is 33.2 Å². The molecular formula is C14H22N2. The summed E-state index contributed by atoms with van der Waals surface area (Å²) in [6, 6.07) is 7.10. The van der Waals surface area contributed by atoms with Crippen LogP contribution in [0.4, 0.5) is 5.69 Å². The molecule has 0 saturated heterocycles. The number of hydrogen-bond donors (Lipinski definition) is 2. The van der Waals surface area contributed by atoms with Crippen molar-refractivity contribution in [3.05, 3.63) is 29.3 Å². The molecule has 2 rings (SSSR count). The third kappa shape index (κ3) is 2.38. The van der Waals surface area contributed by atoms with Crippen LogP contribution in [0.1, 0.15) is 37.4 Å². The van der Waals surface area contributed by atoms with Gasteiger partial charge in [0, 0.05) is 18.3 Å². The highest BCUT2D eigenvalue weighted by Crippen LogP contribution is 2.32. The summed E-state index contributed by atoms with van der Waals surface area (Å²) in [5.74, 6) is 0.711. The van der Waals surface area contributed by atoms with E-state index in [0.29, 0.717) is 12.0 Å². The maximum Gasteiger partial charge on any atom is 0.0418 e. The van der Waals surface area contributed by atoms with E-state index in [4.69, 9.17) is 0 Å². The molecule has 2 nitrogen and oxygen atoms in total. The highest BCUT2D eigenvalue weighted by molar-refractivity contribution is 5.59. The molecule has 1 aliphatic rings. The molecule has 0 saturated carbocycles. The quantitative estimate of drug-likeness (QED) is 0.814. The zero-order valence-corrected chi connectivity index (χ0v) is 10.5. The van der Waals surface area contributed by atoms with Crippen LogP contribution < -0.4 is 10.6 Å². The maximum atomic E-state index is 3.66. The number of fused-ring (bicyclic) bond motifs is 1. The molecule has 0 aliphatic carbocycles. The van der Waals surface area contributed by atoms with Gasteiger partial charge >= 0.3 is 0 Å². The Morgan fingerprint density at radius 1 is 1.44 bits per heavy atom. The van der Waals surface area contributed by atoms with Gasteiger partial charge in [-0.1, -0.05) is 32.0 Å². The van der Waals surface area contributed by atoms with Gasteiger partial charge in [-0.3, -0.25) is 0 Å². The van der Waals surface area contributed by atoms with Crippen molar-refractivity contribution >= 4 is 5.69 Å². The average molecular weight is 218 g/mol. The molecule has 0 radical (unpaired) electrons. The second-order valence-electron chi connectivity index (χ2n) is 5.11. The first-order chi connectivity index (χ1) is 7.68. The van der Waals surface area contributed by atoms with E-state index in [0.717, 1.165) is 13.1 Å². The fourth-order valence-electron chi connectivity index (χ4n) is 2.31. The predicted octanol–water partition coefficient (Wildman–Crippen LogP) is 3.10. The van der Waals surface area contributed by atoms with Crippen LogP contribution in [-0.4, -0.2) is 13.1 Å². The number of anilines is 1. The van der Waals surface area contributed by atoms with Gasteiger partial charge in [-0.2, -0.15) is 0 Å². The molecule has 0 bridgehead atoms. The fourth-order valence-corrected chi connectivity index (χ4v) is 2.31. The molecule has 2 heteroatoms. The molecule has 0 amide bonds. The molecule has 1 heterocycles. The lowest BCUT2D eigenvalue weighted by molar-refractivity contribution is 0.453. The van der Waals surface area contributed by atoms with Gasteiger partial charge in [0.05, 0.1) is 0 Å². The van der Waals surface area contributed by atoms with Gasteiger partial charge in [0.15, 0.2) is 0 Å². The monoisotopic (exact) mass is 218 g/mol. The summed E-state index contributed by atoms with van der Waals surface area (Å²) < 4.78 is 0. The van der Waals surface area contributed by atoms with E-state index in [1.165, 1.54) is 23.2 Å². The van der Waals surface area contributed by atoms with Gasteiger partial charge in [0.2, 0.25) is 0 Å². The van der Waals surface area contributed by atoms with Crippen LogP contribution in [0.3, 0.4) is 0 Å². The van der Waals surface area contributed by atoms with Crippen molar-refractivity contribution in [1.29, 1.82) is 0 Å². The molecule has 1 aliphatic heterocycles. The molecule has 1 unspecified atom stereocenters. The predicted molar refractivity (Wildman–Crippen MR) is 69.9 cm³/mol. The summed E-state index contributed by atoms with van der Waals surface area (Å²) in [7, 11) is 0. The van der Waals surface area contributed by atoms with E-state index in [9.17, 15) is 0 Å². The Hall–Kier alpha value is -1.02. The Kier molecular flexibility index (Phi) is 3.49. The number of hydrogen-bond acceptors (Lipinski definition) is 2. The summed E-state index contributed by atoms with van der Waals surface area (Å²) in [6.45, 7) is 8.86. The van der Waals surface area contributed by atoms with E-state index >= 15 is 0 Å². The van der Waals surface area contributed by atoms with Crippen LogP contribution in [-0.2, 0) is 0 Å². The zero-order valence-electron chi connectivity index (χ0n) is 10.5.